The number of carboxylic acids is 1. The number of carboxylic acid groups (broad SMARTS) is 1. The molecular formula is C3H4NO3. The summed E-state index contributed by atoms with van der Waals surface area (Å²) in [5, 5.41) is 9.41. The van der Waals surface area contributed by atoms with Crippen LogP contribution in [0.15, 0.2) is 0 Å². The van der Waals surface area contributed by atoms with Gasteiger partial charge in [0.25, 0.3) is 0 Å². The molecule has 4 nitrogen and oxygen atoms in total. The van der Waals surface area contributed by atoms with E-state index in [1.165, 1.54) is 0 Å². The number of rotatable bonds is 0. The van der Waals surface area contributed by atoms with Crippen molar-refractivity contribution < 1.29 is 14.7 Å². The zero-order valence-electron chi connectivity index (χ0n) is 3.47. The minimum atomic E-state index is -1.52. The van der Waals surface area contributed by atoms with Crippen LogP contribution >= 0.6 is 0 Å². The first-order chi connectivity index (χ1) is 3.18. The molecule has 0 saturated heterocycles. The van der Waals surface area contributed by atoms with E-state index >= 15 is 0 Å². The van der Waals surface area contributed by atoms with Crippen molar-refractivity contribution >= 4 is 11.9 Å². The summed E-state index contributed by atoms with van der Waals surface area (Å²) >= 11 is 0. The highest BCUT2D eigenvalue weighted by molar-refractivity contribution is 6.31. The minimum absolute atomic E-state index is 1.10. The average Bonchev–Trinajstić information content (AvgIpc) is 1.65. The topological polar surface area (TPSA) is 66.4 Å². The highest BCUT2D eigenvalue weighted by Gasteiger charge is 2.05. The van der Waals surface area contributed by atoms with Gasteiger partial charge in [0.05, 0.1) is 0 Å². The number of nitrogens with one attached hydrogen (secondary N) is 1. The molecule has 0 bridgehead atoms. The molecule has 0 aliphatic carbocycles. The Morgan fingerprint density at radius 1 is 1.57 bits per heavy atom. The molecule has 39 valence electrons. The van der Waals surface area contributed by atoms with Crippen LogP contribution < -0.4 is 5.32 Å². The average molecular weight is 102 g/mol. The van der Waals surface area contributed by atoms with Gasteiger partial charge < -0.3 is 10.4 Å². The fourth-order valence-electron chi connectivity index (χ4n) is 0.0756. The number of carbonyl (C=O) groups is 2. The van der Waals surface area contributed by atoms with Crippen molar-refractivity contribution in [1.82, 2.24) is 5.32 Å². The van der Waals surface area contributed by atoms with Crippen LogP contribution in [0.4, 0.5) is 0 Å². The van der Waals surface area contributed by atoms with Crippen LogP contribution in [0.5, 0.6) is 0 Å². The lowest BCUT2D eigenvalue weighted by Crippen LogP contribution is -2.24. The second-order valence-electron chi connectivity index (χ2n) is 0.811. The summed E-state index contributed by atoms with van der Waals surface area (Å²) < 4.78 is 0. The lowest BCUT2D eigenvalue weighted by Gasteiger charge is -1.85. The summed E-state index contributed by atoms with van der Waals surface area (Å²) in [6, 6.07) is 0. The molecular weight excluding hydrogens is 98.0 g/mol. The van der Waals surface area contributed by atoms with E-state index in [1.54, 1.807) is 5.32 Å². The van der Waals surface area contributed by atoms with E-state index in [9.17, 15) is 9.59 Å². The summed E-state index contributed by atoms with van der Waals surface area (Å²) in [7, 11) is 2.83. The molecule has 0 unspecified atom stereocenters. The summed E-state index contributed by atoms with van der Waals surface area (Å²) in [6.45, 7) is 0. The van der Waals surface area contributed by atoms with Gasteiger partial charge >= 0.3 is 11.9 Å². The molecule has 1 radical (unpaired) electrons. The van der Waals surface area contributed by atoms with Crippen molar-refractivity contribution in [3.05, 3.63) is 7.05 Å². The monoisotopic (exact) mass is 102 g/mol. The molecule has 0 heterocycles. The Labute approximate surface area is 40.1 Å². The third kappa shape index (κ3) is 1.75. The first-order valence-electron chi connectivity index (χ1n) is 1.49. The van der Waals surface area contributed by atoms with Crippen LogP contribution in [-0.2, 0) is 9.59 Å². The van der Waals surface area contributed by atoms with E-state index < -0.39 is 11.9 Å². The van der Waals surface area contributed by atoms with Crippen molar-refractivity contribution in [3.63, 3.8) is 0 Å². The largest absolute Gasteiger partial charge is 0.474 e. The summed E-state index contributed by atoms with van der Waals surface area (Å²) in [5.74, 6) is -2.62. The third-order valence-corrected chi connectivity index (χ3v) is 0.355. The number of carbonyl (C=O) groups excluding carboxylic acids is 1. The van der Waals surface area contributed by atoms with Gasteiger partial charge in [-0.05, 0) is 0 Å². The van der Waals surface area contributed by atoms with E-state index in [0.717, 1.165) is 0 Å². The Kier molecular flexibility index (Phi) is 1.84. The molecule has 7 heavy (non-hydrogen) atoms. The van der Waals surface area contributed by atoms with Crippen molar-refractivity contribution in [2.45, 2.75) is 0 Å². The predicted octanol–water partition coefficient (Wildman–Crippen LogP) is -1.02. The van der Waals surface area contributed by atoms with Crippen molar-refractivity contribution in [3.8, 4) is 0 Å². The standard InChI is InChI=1S/C3H4NO3/c1-4-2(5)3(6)7/h1H2,(H,4,5)(H,6,7). The van der Waals surface area contributed by atoms with Crippen LogP contribution in [0.25, 0.3) is 0 Å². The van der Waals surface area contributed by atoms with Crippen LogP contribution in [0.3, 0.4) is 0 Å². The predicted molar refractivity (Wildman–Crippen MR) is 21.1 cm³/mol. The van der Waals surface area contributed by atoms with Crippen LogP contribution in [-0.4, -0.2) is 17.0 Å². The summed E-state index contributed by atoms with van der Waals surface area (Å²) in [6.07, 6.45) is 0. The number of hydrogen-bond acceptors (Lipinski definition) is 2. The van der Waals surface area contributed by atoms with Crippen LogP contribution in [0, 0.1) is 7.05 Å². The zero-order chi connectivity index (χ0) is 5.86. The molecule has 1 amide bonds. The Bertz CT molecular complexity index is 98.4. The molecule has 0 saturated carbocycles. The fraction of sp³-hybridized carbons (Fsp3) is 0. The van der Waals surface area contributed by atoms with E-state index in [4.69, 9.17) is 5.11 Å². The Balaban J connectivity index is 3.58. The van der Waals surface area contributed by atoms with Gasteiger partial charge in [0.2, 0.25) is 0 Å². The quantitative estimate of drug-likeness (QED) is 0.385. The van der Waals surface area contributed by atoms with Crippen molar-refractivity contribution in [2.24, 2.45) is 0 Å². The van der Waals surface area contributed by atoms with Crippen molar-refractivity contribution in [1.29, 1.82) is 0 Å². The molecule has 0 aliphatic rings. The smallest absolute Gasteiger partial charge is 0.394 e. The molecule has 0 aromatic rings. The fourth-order valence-corrected chi connectivity index (χ4v) is 0.0756. The lowest BCUT2D eigenvalue weighted by atomic mass is 10.6. The molecule has 0 fully saturated rings. The lowest BCUT2D eigenvalue weighted by molar-refractivity contribution is -0.149. The van der Waals surface area contributed by atoms with E-state index in [2.05, 4.69) is 7.05 Å². The molecule has 2 N–H and O–H groups in total. The van der Waals surface area contributed by atoms with Gasteiger partial charge in [-0.25, -0.2) is 4.79 Å². The third-order valence-electron chi connectivity index (χ3n) is 0.355. The first kappa shape index (κ1) is 5.94. The molecule has 0 rings (SSSR count). The molecule has 0 aliphatic heterocycles. The van der Waals surface area contributed by atoms with Gasteiger partial charge in [-0.2, -0.15) is 0 Å². The van der Waals surface area contributed by atoms with E-state index in [0.29, 0.717) is 0 Å². The summed E-state index contributed by atoms with van der Waals surface area (Å²) in [5.41, 5.74) is 0. The maximum Gasteiger partial charge on any atom is 0.394 e. The van der Waals surface area contributed by atoms with Crippen LogP contribution in [0.1, 0.15) is 0 Å². The van der Waals surface area contributed by atoms with Gasteiger partial charge in [-0.1, -0.05) is 0 Å². The van der Waals surface area contributed by atoms with E-state index in [1.807, 2.05) is 0 Å². The van der Waals surface area contributed by atoms with Crippen molar-refractivity contribution in [2.75, 3.05) is 0 Å². The molecule has 0 spiro atoms. The van der Waals surface area contributed by atoms with Gasteiger partial charge in [-0.3, -0.25) is 4.79 Å². The SMILES string of the molecule is [CH2]NC(=O)C(=O)O. The van der Waals surface area contributed by atoms with Gasteiger partial charge in [0.1, 0.15) is 0 Å². The molecule has 0 atom stereocenters. The Hall–Kier alpha value is -1.06. The second-order valence-corrected chi connectivity index (χ2v) is 0.811. The van der Waals surface area contributed by atoms with Gasteiger partial charge in [0, 0.05) is 7.05 Å². The van der Waals surface area contributed by atoms with E-state index in [-0.39, 0.29) is 0 Å². The van der Waals surface area contributed by atoms with Gasteiger partial charge in [0.15, 0.2) is 0 Å². The zero-order valence-corrected chi connectivity index (χ0v) is 3.47. The molecule has 0 aromatic carbocycles. The van der Waals surface area contributed by atoms with Gasteiger partial charge in [-0.15, -0.1) is 0 Å². The minimum Gasteiger partial charge on any atom is -0.474 e. The second kappa shape index (κ2) is 2.17. The maximum absolute atomic E-state index is 9.74. The first-order valence-corrected chi connectivity index (χ1v) is 1.49. The highest BCUT2D eigenvalue weighted by atomic mass is 16.4. The summed E-state index contributed by atoms with van der Waals surface area (Å²) in [4.78, 5) is 19.2. The normalized spacial score (nSPS) is 7.57. The number of hydrogen-bond donors (Lipinski definition) is 2. The molecule has 4 heteroatoms. The number of aliphatic carboxylic acids is 1. The number of amides is 1. The highest BCUT2D eigenvalue weighted by Crippen LogP contribution is 1.59. The Morgan fingerprint density at radius 3 is 2.00 bits per heavy atom. The Morgan fingerprint density at radius 2 is 2.00 bits per heavy atom. The molecule has 0 aromatic heterocycles. The maximum atomic E-state index is 9.74. The van der Waals surface area contributed by atoms with Crippen LogP contribution in [0.2, 0.25) is 0 Å².